The van der Waals surface area contributed by atoms with Gasteiger partial charge in [-0.25, -0.2) is 19.9 Å². The lowest BCUT2D eigenvalue weighted by Crippen LogP contribution is -1.95. The first-order valence-corrected chi connectivity index (χ1v) is 27.1. The molecule has 0 spiro atoms. The van der Waals surface area contributed by atoms with Crippen molar-refractivity contribution in [2.45, 2.75) is 0 Å². The predicted octanol–water partition coefficient (Wildman–Crippen LogP) is 15.2. The summed E-state index contributed by atoms with van der Waals surface area (Å²) in [5.74, 6) is 2.57. The number of H-pyrrole nitrogens is 2. The molecule has 10 nitrogen and oxygen atoms in total. The normalized spacial score (nSPS) is 12.0. The van der Waals surface area contributed by atoms with Crippen LogP contribution in [0.5, 0.6) is 23.0 Å². The second kappa shape index (κ2) is 19.5. The van der Waals surface area contributed by atoms with Gasteiger partial charge in [-0.15, -0.1) is 0 Å². The Morgan fingerprint density at radius 3 is 0.927 bits per heavy atom. The highest BCUT2D eigenvalue weighted by atomic mass is 16.5. The van der Waals surface area contributed by atoms with E-state index in [0.29, 0.717) is 23.0 Å². The molecule has 0 saturated heterocycles. The van der Waals surface area contributed by atoms with Crippen LogP contribution in [0.2, 0.25) is 0 Å². The van der Waals surface area contributed by atoms with Crippen molar-refractivity contribution in [3.8, 4) is 45.3 Å². The minimum atomic E-state index is 0.642. The lowest BCUT2D eigenvalue weighted by Gasteiger charge is -2.14. The molecule has 12 aliphatic heterocycles. The Labute approximate surface area is 468 Å². The zero-order valence-electron chi connectivity index (χ0n) is 45.2. The fraction of sp³-hybridized carbons (Fsp3) is 0.0556. The third kappa shape index (κ3) is 8.02. The van der Waals surface area contributed by atoms with E-state index in [4.69, 9.17) is 38.9 Å². The highest BCUT2D eigenvalue weighted by Crippen LogP contribution is 2.44. The summed E-state index contributed by atoms with van der Waals surface area (Å²) in [6.07, 6.45) is 8.34. The Hall–Kier alpha value is -10.8. The van der Waals surface area contributed by atoms with E-state index in [1.807, 2.05) is 36.4 Å². The number of ether oxygens (including phenoxy) is 4. The Morgan fingerprint density at radius 1 is 0.268 bits per heavy atom. The molecule has 0 radical (unpaired) electrons. The van der Waals surface area contributed by atoms with E-state index in [9.17, 15) is 0 Å². The highest BCUT2D eigenvalue weighted by molar-refractivity contribution is 6.03. The zero-order valence-corrected chi connectivity index (χ0v) is 45.2. The second-order valence-corrected chi connectivity index (χ2v) is 20.5. The summed E-state index contributed by atoms with van der Waals surface area (Å²) >= 11 is 0. The molecule has 24 rings (SSSR count). The van der Waals surface area contributed by atoms with Crippen molar-refractivity contribution >= 4 is 68.2 Å². The highest BCUT2D eigenvalue weighted by Gasteiger charge is 2.23. The van der Waals surface area contributed by atoms with Crippen LogP contribution < -0.4 is 18.9 Å². The smallest absolute Gasteiger partial charge is 0.130 e. The first kappa shape index (κ1) is 48.3. The third-order valence-corrected chi connectivity index (χ3v) is 16.0. The van der Waals surface area contributed by atoms with Gasteiger partial charge in [-0.1, -0.05) is 133 Å². The molecule has 7 aromatic carbocycles. The molecular weight excluding hydrogens is 1010 g/mol. The molecule has 392 valence electrons. The molecular formula is C72H50N6O4. The van der Waals surface area contributed by atoms with Crippen LogP contribution in [0.3, 0.4) is 0 Å². The monoisotopic (exact) mass is 1060 g/mol. The molecule has 0 amide bonds. The van der Waals surface area contributed by atoms with Gasteiger partial charge in [-0.3, -0.25) is 0 Å². The summed E-state index contributed by atoms with van der Waals surface area (Å²) in [5.41, 5.74) is 11.2. The fourth-order valence-electron chi connectivity index (χ4n) is 11.9. The van der Waals surface area contributed by atoms with Crippen LogP contribution >= 0.6 is 0 Å². The van der Waals surface area contributed by atoms with Crippen LogP contribution in [0.1, 0.15) is 22.8 Å². The average molecular weight is 1060 g/mol. The van der Waals surface area contributed by atoms with Gasteiger partial charge in [0.2, 0.25) is 0 Å². The van der Waals surface area contributed by atoms with Gasteiger partial charge in [0.1, 0.15) is 23.0 Å². The van der Waals surface area contributed by atoms with Crippen LogP contribution in [0.4, 0.5) is 0 Å². The van der Waals surface area contributed by atoms with E-state index in [2.05, 4.69) is 192 Å². The molecule has 12 aromatic rings. The van der Waals surface area contributed by atoms with E-state index in [1.54, 1.807) is 28.4 Å². The number of nitrogens with zero attached hydrogens (tertiary/aromatic N) is 4. The summed E-state index contributed by atoms with van der Waals surface area (Å²) in [6, 6.07) is 67.5. The predicted molar refractivity (Wildman–Crippen MR) is 325 cm³/mol. The van der Waals surface area contributed by atoms with Gasteiger partial charge in [0, 0.05) is 64.8 Å². The summed E-state index contributed by atoms with van der Waals surface area (Å²) in [4.78, 5) is 29.5. The third-order valence-electron chi connectivity index (χ3n) is 16.0. The minimum Gasteiger partial charge on any atom is -0.496 e. The number of nitrogens with one attached hydrogen (secondary N) is 2. The molecule has 0 unspecified atom stereocenters. The molecule has 0 aliphatic carbocycles. The van der Waals surface area contributed by atoms with E-state index >= 15 is 0 Å². The maximum atomic E-state index is 6.14. The molecule has 2 N–H and O–H groups in total. The Kier molecular flexibility index (Phi) is 11.5. The number of hydrogen-bond donors (Lipinski definition) is 2. The largest absolute Gasteiger partial charge is 0.496 e. The number of methoxy groups -OCH3 is 4. The lowest BCUT2D eigenvalue weighted by atomic mass is 10.0. The summed E-state index contributed by atoms with van der Waals surface area (Å²) in [7, 11) is 6.74. The summed E-state index contributed by atoms with van der Waals surface area (Å²) < 4.78 is 24.6. The van der Waals surface area contributed by atoms with Gasteiger partial charge in [0.15, 0.2) is 0 Å². The van der Waals surface area contributed by atoms with Gasteiger partial charge >= 0.3 is 0 Å². The van der Waals surface area contributed by atoms with Crippen molar-refractivity contribution in [1.29, 1.82) is 0 Å². The number of hydrogen-bond acceptors (Lipinski definition) is 8. The first-order valence-electron chi connectivity index (χ1n) is 27.1. The van der Waals surface area contributed by atoms with Crippen molar-refractivity contribution < 1.29 is 18.9 Å². The standard InChI is InChI=1S/C72H50N6O4/c1-79-61-7-5-8-62(80-2)69(61)67-57-37-33-53(73-57)65-47-23-15-43(16-24-47)41-11-19-45(20-12-41)51-31-29-49-27-28-50-30-32-52(78-72(50)71(49)77-51)46-21-13-42(14-22-46)44-17-25-48(26-18-44)66(54-34-38-58(67)74-54)56-36-40-60(76-56)68(59-39-35-55(65)75-59)70-63(81-3)9-6-10-64(70)82-4/h5-40,73,76H,1-4H3. The van der Waals surface area contributed by atoms with Crippen LogP contribution in [-0.2, 0) is 0 Å². The van der Waals surface area contributed by atoms with Gasteiger partial charge in [0.25, 0.3) is 0 Å². The van der Waals surface area contributed by atoms with E-state index in [0.717, 1.165) is 152 Å². The van der Waals surface area contributed by atoms with Gasteiger partial charge < -0.3 is 28.9 Å². The minimum absolute atomic E-state index is 0.642. The van der Waals surface area contributed by atoms with E-state index in [1.165, 1.54) is 0 Å². The number of aromatic amines is 2. The number of pyridine rings is 2. The molecule has 0 saturated carbocycles. The molecule has 17 heterocycles. The zero-order chi connectivity index (χ0) is 55.0. The van der Waals surface area contributed by atoms with Crippen molar-refractivity contribution in [1.82, 2.24) is 29.9 Å². The Balaban J connectivity index is 1.16. The van der Waals surface area contributed by atoms with Crippen LogP contribution in [-0.4, -0.2) is 58.3 Å². The topological polar surface area (TPSA) is 120 Å². The van der Waals surface area contributed by atoms with Crippen LogP contribution in [0, 0.1) is 62.9 Å². The Bertz CT molecular complexity index is 5140. The van der Waals surface area contributed by atoms with Crippen molar-refractivity contribution in [2.75, 3.05) is 28.4 Å². The first-order chi connectivity index (χ1) is 40.4. The van der Waals surface area contributed by atoms with Crippen molar-refractivity contribution in [2.24, 2.45) is 0 Å². The number of rotatable bonds is 6. The van der Waals surface area contributed by atoms with Crippen molar-refractivity contribution in [3.05, 3.63) is 280 Å². The SMILES string of the molecule is COc1cccc(OC)c1-c1c2nc(c3c4ccc([nH]4)c(-c4c(OC)cccc4OC)c4nc(c(c5ccc1[nH]5)=c1ccc(cc1)=c1ccc(cc1)=c1ccc5ccc6ccc(nc6c5n1)=c1ccc(cc1)=c1ccc=3cc1)C=C4)C=C2. The average Bonchev–Trinajstić information content (AvgIpc) is 4.55. The number of benzene rings is 7. The molecule has 5 aromatic heterocycles. The molecule has 82 heavy (non-hydrogen) atoms. The maximum absolute atomic E-state index is 6.14. The second-order valence-electron chi connectivity index (χ2n) is 20.5. The summed E-state index contributed by atoms with van der Waals surface area (Å²) in [5, 5.41) is 13.9. The quantitative estimate of drug-likeness (QED) is 0.158. The van der Waals surface area contributed by atoms with Crippen molar-refractivity contribution in [3.63, 3.8) is 0 Å². The van der Waals surface area contributed by atoms with Gasteiger partial charge in [-0.05, 0) is 116 Å². The van der Waals surface area contributed by atoms with Crippen LogP contribution in [0.25, 0.3) is 90.4 Å². The van der Waals surface area contributed by atoms with Gasteiger partial charge in [-0.2, -0.15) is 0 Å². The fourth-order valence-corrected chi connectivity index (χ4v) is 11.9. The molecule has 10 heteroatoms. The Morgan fingerprint density at radius 2 is 0.573 bits per heavy atom. The lowest BCUT2D eigenvalue weighted by molar-refractivity contribution is 0.397. The van der Waals surface area contributed by atoms with Crippen LogP contribution in [0.15, 0.2) is 194 Å². The number of aromatic nitrogens is 6. The molecule has 0 atom stereocenters. The molecule has 12 aliphatic rings. The maximum Gasteiger partial charge on any atom is 0.130 e. The van der Waals surface area contributed by atoms with E-state index < -0.39 is 0 Å². The molecule has 0 fully saturated rings. The van der Waals surface area contributed by atoms with E-state index in [-0.39, 0.29) is 0 Å². The van der Waals surface area contributed by atoms with Gasteiger partial charge in [0.05, 0.1) is 84.1 Å². The summed E-state index contributed by atoms with van der Waals surface area (Å²) in [6.45, 7) is 0. The molecule has 22 bridgehead atoms.